The number of rotatable bonds is 3. The Kier molecular flexibility index (Phi) is 3.54. The summed E-state index contributed by atoms with van der Waals surface area (Å²) in [5.74, 6) is 1.28. The minimum atomic E-state index is 0.519. The summed E-state index contributed by atoms with van der Waals surface area (Å²) >= 11 is 1.70. The molecule has 3 nitrogen and oxygen atoms in total. The highest BCUT2D eigenvalue weighted by atomic mass is 32.2. The quantitative estimate of drug-likeness (QED) is 0.842. The number of benzene rings is 1. The van der Waals surface area contributed by atoms with Gasteiger partial charge in [0.15, 0.2) is 0 Å². The maximum absolute atomic E-state index is 5.80. The zero-order valence-corrected chi connectivity index (χ0v) is 10.6. The molecule has 0 aliphatic rings. The molecule has 0 saturated carbocycles. The highest BCUT2D eigenvalue weighted by Crippen LogP contribution is 2.24. The van der Waals surface area contributed by atoms with Gasteiger partial charge in [-0.25, -0.2) is 4.98 Å². The molecule has 1 heterocycles. The third kappa shape index (κ3) is 2.91. The highest BCUT2D eigenvalue weighted by molar-refractivity contribution is 7.98. The van der Waals surface area contributed by atoms with Crippen LogP contribution in [-0.2, 0) is 0 Å². The van der Waals surface area contributed by atoms with Crippen LogP contribution < -0.4 is 10.5 Å². The molecule has 0 bridgehead atoms. The predicted molar refractivity (Wildman–Crippen MR) is 71.7 cm³/mol. The van der Waals surface area contributed by atoms with Gasteiger partial charge in [0.2, 0.25) is 5.88 Å². The molecule has 0 unspecified atom stereocenters. The highest BCUT2D eigenvalue weighted by Gasteiger charge is 2.01. The first-order chi connectivity index (χ1) is 8.19. The summed E-state index contributed by atoms with van der Waals surface area (Å²) in [5.41, 5.74) is 7.44. The summed E-state index contributed by atoms with van der Waals surface area (Å²) in [7, 11) is 0. The van der Waals surface area contributed by atoms with E-state index in [-0.39, 0.29) is 0 Å². The number of hydrogen-bond acceptors (Lipinski definition) is 4. The van der Waals surface area contributed by atoms with Crippen LogP contribution in [0.5, 0.6) is 11.6 Å². The summed E-state index contributed by atoms with van der Waals surface area (Å²) in [5, 5.41) is 0. The molecule has 0 amide bonds. The number of hydrogen-bond donors (Lipinski definition) is 1. The summed E-state index contributed by atoms with van der Waals surface area (Å²) in [4.78, 5) is 5.37. The molecular weight excluding hydrogens is 232 g/mol. The smallest absolute Gasteiger partial charge is 0.221 e. The number of thioether (sulfide) groups is 1. The molecule has 1 aromatic heterocycles. The molecule has 0 radical (unpaired) electrons. The van der Waals surface area contributed by atoms with E-state index < -0.39 is 0 Å². The summed E-state index contributed by atoms with van der Waals surface area (Å²) in [6.45, 7) is 1.92. The lowest BCUT2D eigenvalue weighted by molar-refractivity contribution is 0.462. The summed E-state index contributed by atoms with van der Waals surface area (Å²) < 4.78 is 5.61. The minimum Gasteiger partial charge on any atom is -0.439 e. The van der Waals surface area contributed by atoms with Gasteiger partial charge in [0.1, 0.15) is 5.75 Å². The van der Waals surface area contributed by atoms with E-state index in [2.05, 4.69) is 4.98 Å². The lowest BCUT2D eigenvalue weighted by Gasteiger charge is -2.07. The monoisotopic (exact) mass is 246 g/mol. The third-order valence-corrected chi connectivity index (χ3v) is 3.15. The number of nitrogens with zero attached hydrogens (tertiary/aromatic N) is 1. The Morgan fingerprint density at radius 3 is 2.53 bits per heavy atom. The van der Waals surface area contributed by atoms with E-state index >= 15 is 0 Å². The molecule has 2 rings (SSSR count). The van der Waals surface area contributed by atoms with E-state index in [1.807, 2.05) is 37.4 Å². The molecule has 4 heteroatoms. The normalized spacial score (nSPS) is 10.2. The van der Waals surface area contributed by atoms with Crippen molar-refractivity contribution in [3.8, 4) is 11.6 Å². The van der Waals surface area contributed by atoms with Crippen LogP contribution >= 0.6 is 11.8 Å². The van der Waals surface area contributed by atoms with Crippen molar-refractivity contribution in [3.05, 3.63) is 42.1 Å². The van der Waals surface area contributed by atoms with Crippen molar-refractivity contribution in [2.75, 3.05) is 12.0 Å². The molecule has 0 fully saturated rings. The van der Waals surface area contributed by atoms with Crippen molar-refractivity contribution in [2.45, 2.75) is 11.8 Å². The first-order valence-electron chi connectivity index (χ1n) is 5.23. The van der Waals surface area contributed by atoms with Gasteiger partial charge in [-0.2, -0.15) is 0 Å². The average Bonchev–Trinajstić information content (AvgIpc) is 2.35. The van der Waals surface area contributed by atoms with Crippen LogP contribution in [0.1, 0.15) is 5.56 Å². The maximum Gasteiger partial charge on any atom is 0.221 e. The number of anilines is 1. The van der Waals surface area contributed by atoms with Gasteiger partial charge in [-0.15, -0.1) is 11.8 Å². The van der Waals surface area contributed by atoms with E-state index in [0.29, 0.717) is 11.6 Å². The molecular formula is C13H14N2OS. The average molecular weight is 246 g/mol. The van der Waals surface area contributed by atoms with Crippen LogP contribution in [-0.4, -0.2) is 11.2 Å². The Morgan fingerprint density at radius 1 is 1.24 bits per heavy atom. The molecule has 0 atom stereocenters. The van der Waals surface area contributed by atoms with Gasteiger partial charge in [-0.05, 0) is 43.0 Å². The standard InChI is InChI=1S/C13H14N2OS/c1-9-8-15-13(7-12(9)14)16-10-3-5-11(17-2)6-4-10/h3-8H,1-2H3,(H2,14,15). The molecule has 1 aromatic carbocycles. The molecule has 2 N–H and O–H groups in total. The molecule has 0 aliphatic heterocycles. The van der Waals surface area contributed by atoms with Crippen LogP contribution in [0.15, 0.2) is 41.4 Å². The van der Waals surface area contributed by atoms with Gasteiger partial charge in [-0.3, -0.25) is 0 Å². The molecule has 17 heavy (non-hydrogen) atoms. The van der Waals surface area contributed by atoms with E-state index in [1.54, 1.807) is 24.0 Å². The van der Waals surface area contributed by atoms with Crippen molar-refractivity contribution in [2.24, 2.45) is 0 Å². The number of nitrogen functional groups attached to an aromatic ring is 1. The predicted octanol–water partition coefficient (Wildman–Crippen LogP) is 3.49. The second-order valence-electron chi connectivity index (χ2n) is 3.66. The van der Waals surface area contributed by atoms with E-state index in [9.17, 15) is 0 Å². The van der Waals surface area contributed by atoms with Gasteiger partial charge in [0, 0.05) is 22.8 Å². The van der Waals surface area contributed by atoms with Crippen molar-refractivity contribution in [1.82, 2.24) is 4.98 Å². The fraction of sp³-hybridized carbons (Fsp3) is 0.154. The second kappa shape index (κ2) is 5.10. The van der Waals surface area contributed by atoms with Crippen LogP contribution in [0.4, 0.5) is 5.69 Å². The number of aryl methyl sites for hydroxylation is 1. The van der Waals surface area contributed by atoms with E-state index in [0.717, 1.165) is 11.3 Å². The van der Waals surface area contributed by atoms with E-state index in [4.69, 9.17) is 10.5 Å². The molecule has 0 spiro atoms. The van der Waals surface area contributed by atoms with Crippen molar-refractivity contribution < 1.29 is 4.74 Å². The Bertz CT molecular complexity index is 511. The van der Waals surface area contributed by atoms with Crippen molar-refractivity contribution >= 4 is 17.4 Å². The molecule has 0 aliphatic carbocycles. The largest absolute Gasteiger partial charge is 0.439 e. The summed E-state index contributed by atoms with van der Waals surface area (Å²) in [6.07, 6.45) is 3.75. The first-order valence-corrected chi connectivity index (χ1v) is 6.45. The Labute approximate surface area is 105 Å². The van der Waals surface area contributed by atoms with Gasteiger partial charge >= 0.3 is 0 Å². The Balaban J connectivity index is 2.16. The van der Waals surface area contributed by atoms with Crippen LogP contribution in [0.2, 0.25) is 0 Å². The SMILES string of the molecule is CSc1ccc(Oc2cc(N)c(C)cn2)cc1. The number of aromatic nitrogens is 1. The maximum atomic E-state index is 5.80. The zero-order chi connectivity index (χ0) is 12.3. The van der Waals surface area contributed by atoms with Crippen LogP contribution in [0, 0.1) is 6.92 Å². The molecule has 2 aromatic rings. The van der Waals surface area contributed by atoms with Gasteiger partial charge in [0.25, 0.3) is 0 Å². The van der Waals surface area contributed by atoms with Gasteiger partial charge < -0.3 is 10.5 Å². The van der Waals surface area contributed by atoms with Crippen molar-refractivity contribution in [1.29, 1.82) is 0 Å². The van der Waals surface area contributed by atoms with Crippen LogP contribution in [0.3, 0.4) is 0 Å². The first kappa shape index (κ1) is 11.8. The number of nitrogens with two attached hydrogens (primary N) is 1. The third-order valence-electron chi connectivity index (χ3n) is 2.40. The number of ether oxygens (including phenoxy) is 1. The van der Waals surface area contributed by atoms with Gasteiger partial charge in [-0.1, -0.05) is 0 Å². The summed E-state index contributed by atoms with van der Waals surface area (Å²) in [6, 6.07) is 9.60. The van der Waals surface area contributed by atoms with Gasteiger partial charge in [0.05, 0.1) is 0 Å². The van der Waals surface area contributed by atoms with E-state index in [1.165, 1.54) is 4.90 Å². The Hall–Kier alpha value is -1.68. The molecule has 0 saturated heterocycles. The topological polar surface area (TPSA) is 48.1 Å². The van der Waals surface area contributed by atoms with Crippen LogP contribution in [0.25, 0.3) is 0 Å². The Morgan fingerprint density at radius 2 is 1.94 bits per heavy atom. The lowest BCUT2D eigenvalue weighted by atomic mass is 10.3. The minimum absolute atomic E-state index is 0.519. The zero-order valence-electron chi connectivity index (χ0n) is 9.81. The second-order valence-corrected chi connectivity index (χ2v) is 4.54. The fourth-order valence-electron chi connectivity index (χ4n) is 1.34. The fourth-order valence-corrected chi connectivity index (χ4v) is 1.75. The van der Waals surface area contributed by atoms with Crippen molar-refractivity contribution in [3.63, 3.8) is 0 Å². The lowest BCUT2D eigenvalue weighted by Crippen LogP contribution is -1.93. The number of pyridine rings is 1. The molecule has 88 valence electrons.